The summed E-state index contributed by atoms with van der Waals surface area (Å²) in [4.78, 5) is 53.1. The Morgan fingerprint density at radius 1 is 1.17 bits per heavy atom. The van der Waals surface area contributed by atoms with Crippen LogP contribution in [0.3, 0.4) is 0 Å². The van der Waals surface area contributed by atoms with E-state index in [1.165, 1.54) is 12.1 Å². The van der Waals surface area contributed by atoms with Gasteiger partial charge in [0.25, 0.3) is 0 Å². The van der Waals surface area contributed by atoms with Gasteiger partial charge in [0.15, 0.2) is 17.2 Å². The first-order chi connectivity index (χ1) is 19.7. The number of anilines is 1. The van der Waals surface area contributed by atoms with Crippen molar-refractivity contribution in [3.8, 4) is 11.5 Å². The van der Waals surface area contributed by atoms with Gasteiger partial charge < -0.3 is 41.1 Å². The number of nitrogens with zero attached hydrogens (tertiary/aromatic N) is 1. The van der Waals surface area contributed by atoms with Gasteiger partial charge in [-0.15, -0.1) is 0 Å². The number of hydrogen-bond acceptors (Lipinski definition) is 10. The number of rotatable bonds is 5. The fourth-order valence-electron chi connectivity index (χ4n) is 6.38. The average Bonchev–Trinajstić information content (AvgIpc) is 2.91. The number of halogens is 1. The Balaban J connectivity index is 1.51. The van der Waals surface area contributed by atoms with E-state index in [9.17, 15) is 44.0 Å². The molecule has 0 heterocycles. The van der Waals surface area contributed by atoms with E-state index in [-0.39, 0.29) is 48.3 Å². The van der Waals surface area contributed by atoms with E-state index >= 15 is 0 Å². The molecule has 1 saturated carbocycles. The lowest BCUT2D eigenvalue weighted by Gasteiger charge is -2.48. The minimum atomic E-state index is -2.61. The van der Waals surface area contributed by atoms with E-state index in [1.807, 2.05) is 0 Å². The number of benzene rings is 2. The summed E-state index contributed by atoms with van der Waals surface area (Å²) in [6, 6.07) is 6.35. The lowest BCUT2D eigenvalue weighted by Crippen LogP contribution is -2.63. The first-order valence-electron chi connectivity index (χ1n) is 13.2. The van der Waals surface area contributed by atoms with Gasteiger partial charge in [-0.2, -0.15) is 0 Å². The number of hydrogen-bond donors (Lipinski definition) is 6. The molecule has 2 aromatic carbocycles. The maximum Gasteiger partial charge on any atom is 0.412 e. The number of allylic oxidation sites excluding steroid dienone is 1. The smallest absolute Gasteiger partial charge is 0.412 e. The molecule has 42 heavy (non-hydrogen) atoms. The second kappa shape index (κ2) is 10.4. The summed E-state index contributed by atoms with van der Waals surface area (Å²) >= 11 is 0. The van der Waals surface area contributed by atoms with Crippen LogP contribution in [0.15, 0.2) is 41.7 Å². The normalized spacial score (nSPS) is 26.6. The summed E-state index contributed by atoms with van der Waals surface area (Å²) in [7, 11) is 3.44. The molecule has 0 saturated heterocycles. The topological polar surface area (TPSA) is 200 Å². The third-order valence-electron chi connectivity index (χ3n) is 8.37. The molecule has 2 unspecified atom stereocenters. The Morgan fingerprint density at radius 2 is 1.83 bits per heavy atom. The second-order valence-corrected chi connectivity index (χ2v) is 11.1. The fourth-order valence-corrected chi connectivity index (χ4v) is 6.38. The van der Waals surface area contributed by atoms with Gasteiger partial charge in [0, 0.05) is 43.4 Å². The van der Waals surface area contributed by atoms with Crippen molar-refractivity contribution in [2.45, 2.75) is 37.5 Å². The first-order valence-corrected chi connectivity index (χ1v) is 13.2. The molecule has 5 rings (SSSR count). The van der Waals surface area contributed by atoms with Gasteiger partial charge >= 0.3 is 6.09 Å². The van der Waals surface area contributed by atoms with Crippen molar-refractivity contribution in [1.82, 2.24) is 5.32 Å². The SMILES string of the molecule is CN(C)c1cc(CNC(=O)Oc2ccc(F)cc2)c(O)c2c1C[C@H]1C[C@H]3CC(O)C(C(N)=O)C(=O)[C@@]3(O)C(O)=C1C2=O. The number of aliphatic hydroxyl groups is 3. The van der Waals surface area contributed by atoms with Gasteiger partial charge in [0.1, 0.15) is 29.0 Å². The highest BCUT2D eigenvalue weighted by molar-refractivity contribution is 6.16. The van der Waals surface area contributed by atoms with Crippen LogP contribution >= 0.6 is 0 Å². The highest BCUT2D eigenvalue weighted by Gasteiger charge is 2.62. The zero-order valence-electron chi connectivity index (χ0n) is 22.8. The van der Waals surface area contributed by atoms with Gasteiger partial charge in [-0.05, 0) is 61.1 Å². The Labute approximate surface area is 239 Å². The molecule has 13 heteroatoms. The highest BCUT2D eigenvalue weighted by Crippen LogP contribution is 2.52. The van der Waals surface area contributed by atoms with Gasteiger partial charge in [0.2, 0.25) is 5.91 Å². The van der Waals surface area contributed by atoms with Gasteiger partial charge in [0.05, 0.1) is 11.7 Å². The van der Waals surface area contributed by atoms with E-state index < -0.39 is 70.4 Å². The number of fused-ring (bicyclic) bond motifs is 3. The largest absolute Gasteiger partial charge is 0.508 e. The standard InChI is InChI=1S/C29H30FN3O9/c1-33(2)18-9-13(11-32-28(40)42-16-5-3-15(30)4-6-16)23(35)21-17(18)8-12-7-14-10-19(34)22(27(31)39)26(38)29(14,41)25(37)20(12)24(21)36/h3-6,9,12,14,19,22,34-35,37,41H,7-8,10-11H2,1-2H3,(H2,31,39)(H,32,40)/t12-,14+,19?,22?,29+/m1/s1. The lowest BCUT2D eigenvalue weighted by atomic mass is 9.57. The Kier molecular flexibility index (Phi) is 7.19. The maximum atomic E-state index is 13.9. The molecule has 7 N–H and O–H groups in total. The number of carbonyl (C=O) groups is 4. The maximum absolute atomic E-state index is 13.9. The summed E-state index contributed by atoms with van der Waals surface area (Å²) < 4.78 is 18.2. The molecule has 222 valence electrons. The van der Waals surface area contributed by atoms with Gasteiger partial charge in [-0.3, -0.25) is 14.4 Å². The van der Waals surface area contributed by atoms with Crippen molar-refractivity contribution in [1.29, 1.82) is 0 Å². The highest BCUT2D eigenvalue weighted by atomic mass is 19.1. The number of phenolic OH excluding ortho intramolecular Hbond substituents is 1. The molecule has 5 atom stereocenters. The number of carbonyl (C=O) groups excluding carboxylic acids is 4. The Bertz CT molecular complexity index is 1540. The molecule has 0 aromatic heterocycles. The van der Waals surface area contributed by atoms with Crippen LogP contribution < -0.4 is 20.7 Å². The number of Topliss-reactive ketones (excluding diaryl/α,β-unsaturated/α-hetero) is 2. The number of primary amides is 1. The molecular formula is C29H30FN3O9. The molecule has 12 nitrogen and oxygen atoms in total. The summed E-state index contributed by atoms with van der Waals surface area (Å²) in [5.74, 6) is -8.40. The van der Waals surface area contributed by atoms with E-state index in [0.29, 0.717) is 11.3 Å². The average molecular weight is 584 g/mol. The number of ether oxygens (including phenoxy) is 1. The minimum absolute atomic E-state index is 0.0432. The fraction of sp³-hybridized carbons (Fsp3) is 0.379. The third kappa shape index (κ3) is 4.54. The van der Waals surface area contributed by atoms with Crippen LogP contribution in [0.5, 0.6) is 11.5 Å². The van der Waals surface area contributed by atoms with Crippen LogP contribution in [-0.4, -0.2) is 69.8 Å². The van der Waals surface area contributed by atoms with Crippen molar-refractivity contribution < 1.29 is 48.7 Å². The third-order valence-corrected chi connectivity index (χ3v) is 8.37. The predicted molar refractivity (Wildman–Crippen MR) is 144 cm³/mol. The number of aliphatic hydroxyl groups excluding tert-OH is 2. The number of nitrogens with two attached hydrogens (primary N) is 1. The molecule has 0 aliphatic heterocycles. The van der Waals surface area contributed by atoms with Crippen LogP contribution in [0, 0.1) is 23.6 Å². The molecule has 0 spiro atoms. The summed E-state index contributed by atoms with van der Waals surface area (Å²) in [6.45, 7) is -0.273. The Hall–Kier alpha value is -4.49. The summed E-state index contributed by atoms with van der Waals surface area (Å²) in [6.07, 6.45) is -2.36. The first kappa shape index (κ1) is 29.0. The van der Waals surface area contributed by atoms with Crippen molar-refractivity contribution in [2.24, 2.45) is 23.5 Å². The van der Waals surface area contributed by atoms with Crippen molar-refractivity contribution >= 4 is 29.3 Å². The van der Waals surface area contributed by atoms with Crippen molar-refractivity contribution in [3.05, 3.63) is 64.2 Å². The molecule has 0 bridgehead atoms. The minimum Gasteiger partial charge on any atom is -0.508 e. The van der Waals surface area contributed by atoms with Crippen molar-refractivity contribution in [2.75, 3.05) is 19.0 Å². The zero-order chi connectivity index (χ0) is 30.7. The van der Waals surface area contributed by atoms with Crippen LogP contribution in [0.25, 0.3) is 0 Å². The van der Waals surface area contributed by atoms with E-state index in [2.05, 4.69) is 5.32 Å². The van der Waals surface area contributed by atoms with E-state index in [1.54, 1.807) is 25.1 Å². The molecule has 1 fully saturated rings. The lowest BCUT2D eigenvalue weighted by molar-refractivity contribution is -0.167. The molecule has 3 aliphatic carbocycles. The molecule has 2 aromatic rings. The number of aromatic hydroxyl groups is 1. The monoisotopic (exact) mass is 583 g/mol. The van der Waals surface area contributed by atoms with Gasteiger partial charge in [-0.25, -0.2) is 9.18 Å². The number of amides is 2. The van der Waals surface area contributed by atoms with Gasteiger partial charge in [-0.1, -0.05) is 0 Å². The molecule has 0 radical (unpaired) electrons. The zero-order valence-corrected chi connectivity index (χ0v) is 22.8. The Morgan fingerprint density at radius 3 is 2.45 bits per heavy atom. The molecular weight excluding hydrogens is 553 g/mol. The summed E-state index contributed by atoms with van der Waals surface area (Å²) in [5, 5.41) is 46.8. The quantitative estimate of drug-likeness (QED) is 0.278. The predicted octanol–water partition coefficient (Wildman–Crippen LogP) is 1.24. The summed E-state index contributed by atoms with van der Waals surface area (Å²) in [5.41, 5.74) is 3.39. The van der Waals surface area contributed by atoms with Crippen LogP contribution in [0.2, 0.25) is 0 Å². The second-order valence-electron chi connectivity index (χ2n) is 11.1. The number of phenols is 1. The van der Waals surface area contributed by atoms with E-state index in [4.69, 9.17) is 10.5 Å². The van der Waals surface area contributed by atoms with Crippen LogP contribution in [0.1, 0.15) is 34.3 Å². The molecule has 2 amide bonds. The number of ketones is 2. The number of nitrogens with one attached hydrogen (secondary N) is 1. The van der Waals surface area contributed by atoms with Crippen LogP contribution in [0.4, 0.5) is 14.9 Å². The van der Waals surface area contributed by atoms with Crippen molar-refractivity contribution in [3.63, 3.8) is 0 Å². The van der Waals surface area contributed by atoms with Crippen LogP contribution in [-0.2, 0) is 22.6 Å². The molecule has 3 aliphatic rings. The van der Waals surface area contributed by atoms with E-state index in [0.717, 1.165) is 12.1 Å².